The minimum Gasteiger partial charge on any atom is -0.481 e. The van der Waals surface area contributed by atoms with Crippen LogP contribution in [0.3, 0.4) is 0 Å². The van der Waals surface area contributed by atoms with Crippen molar-refractivity contribution in [3.8, 4) is 0 Å². The number of rotatable bonds is 17. The Balaban J connectivity index is 2.67. The van der Waals surface area contributed by atoms with E-state index in [9.17, 15) is 66.8 Å². The van der Waals surface area contributed by atoms with Crippen LogP contribution in [-0.2, 0) is 39.7 Å². The van der Waals surface area contributed by atoms with Gasteiger partial charge in [0.1, 0.15) is 29.8 Å². The van der Waals surface area contributed by atoms with Gasteiger partial charge < -0.3 is 41.4 Å². The van der Waals surface area contributed by atoms with E-state index in [1.807, 2.05) is 0 Å². The normalized spacial score (nSPS) is 15.0. The van der Waals surface area contributed by atoms with Crippen LogP contribution >= 0.6 is 0 Å². The van der Waals surface area contributed by atoms with Crippen molar-refractivity contribution in [2.24, 2.45) is 11.7 Å². The summed E-state index contributed by atoms with van der Waals surface area (Å²) in [6.07, 6.45) is -8.92. The van der Waals surface area contributed by atoms with Crippen molar-refractivity contribution in [3.05, 3.63) is 40.2 Å². The first-order valence-electron chi connectivity index (χ1n) is 15.4. The van der Waals surface area contributed by atoms with Gasteiger partial charge in [-0.1, -0.05) is 20.3 Å². The Labute approximate surface area is 287 Å². The number of nitrogens with one attached hydrogen (secondary N) is 3. The highest BCUT2D eigenvalue weighted by atomic mass is 19.4. The number of carbonyl (C=O) groups is 7. The van der Waals surface area contributed by atoms with Gasteiger partial charge in [0.05, 0.1) is 18.1 Å². The van der Waals surface area contributed by atoms with Crippen molar-refractivity contribution in [2.45, 2.75) is 89.8 Å². The van der Waals surface area contributed by atoms with Crippen LogP contribution < -0.4 is 32.2 Å². The van der Waals surface area contributed by atoms with E-state index in [2.05, 4.69) is 16.0 Å². The summed E-state index contributed by atoms with van der Waals surface area (Å²) in [6, 6.07) is -4.54. The summed E-state index contributed by atoms with van der Waals surface area (Å²) < 4.78 is 45.9. The summed E-state index contributed by atoms with van der Waals surface area (Å²) in [7, 11) is 0. The fraction of sp³-hybridized carbons (Fsp3) is 0.484. The monoisotopic (exact) mass is 729 g/mol. The number of nitrogens with zero attached hydrogens (tertiary/aromatic N) is 1. The molecule has 51 heavy (non-hydrogen) atoms. The molecule has 2 aromatic rings. The molecule has 0 fully saturated rings. The largest absolute Gasteiger partial charge is 0.481 e. The lowest BCUT2D eigenvalue weighted by atomic mass is 9.97. The zero-order valence-corrected chi connectivity index (χ0v) is 27.8. The van der Waals surface area contributed by atoms with Gasteiger partial charge in [-0.05, 0) is 31.4 Å². The Hall–Kier alpha value is -5.53. The third-order valence-corrected chi connectivity index (χ3v) is 7.74. The molecule has 8 N–H and O–H groups in total. The van der Waals surface area contributed by atoms with Gasteiger partial charge in [-0.25, -0.2) is 4.79 Å². The second kappa shape index (κ2) is 17.4. The van der Waals surface area contributed by atoms with Gasteiger partial charge in [0.15, 0.2) is 0 Å². The zero-order valence-electron chi connectivity index (χ0n) is 27.8. The summed E-state index contributed by atoms with van der Waals surface area (Å²) in [5.41, 5.74) is 1.29. The number of amides is 5. The van der Waals surface area contributed by atoms with E-state index in [4.69, 9.17) is 10.2 Å². The maximum atomic E-state index is 14.1. The Morgan fingerprint density at radius 3 is 2.06 bits per heavy atom. The number of primary amides is 1. The molecule has 0 aliphatic carbocycles. The minimum absolute atomic E-state index is 0.182. The van der Waals surface area contributed by atoms with Crippen LogP contribution in [0.25, 0.3) is 11.0 Å². The summed E-state index contributed by atoms with van der Waals surface area (Å²) in [4.78, 5) is 101. The SMILES string of the molecule is CCC(C)C(NC(C)=O)C(=O)NC(CCC(=O)O)C(=O)NC(C(=O)N(c1ccc2c(C(F)(F)F)cc(=O)oc2c1)C(CC(=O)O)C(N)=O)C(C)O. The van der Waals surface area contributed by atoms with Gasteiger partial charge in [0.2, 0.25) is 23.6 Å². The van der Waals surface area contributed by atoms with Crippen LogP contribution in [0.5, 0.6) is 0 Å². The molecule has 2 rings (SSSR count). The molecular weight excluding hydrogens is 691 g/mol. The smallest absolute Gasteiger partial charge is 0.417 e. The van der Waals surface area contributed by atoms with Crippen LogP contribution in [0, 0.1) is 5.92 Å². The number of halogens is 3. The zero-order chi connectivity index (χ0) is 39.0. The van der Waals surface area contributed by atoms with Crippen LogP contribution in [-0.4, -0.2) is 87.1 Å². The number of carbonyl (C=O) groups excluding carboxylic acids is 5. The van der Waals surface area contributed by atoms with Gasteiger partial charge in [0, 0.05) is 36.6 Å². The Kier molecular flexibility index (Phi) is 14.2. The number of alkyl halides is 3. The number of hydrogen-bond donors (Lipinski definition) is 7. The summed E-state index contributed by atoms with van der Waals surface area (Å²) in [5.74, 6) is -9.10. The first-order valence-corrected chi connectivity index (χ1v) is 15.4. The molecule has 0 aliphatic rings. The number of aliphatic hydroxyl groups is 1. The topological polar surface area (TPSA) is 276 Å². The minimum atomic E-state index is -5.03. The van der Waals surface area contributed by atoms with E-state index in [0.29, 0.717) is 11.3 Å². The van der Waals surface area contributed by atoms with E-state index in [-0.39, 0.29) is 6.07 Å². The number of carboxylic acids is 2. The first-order chi connectivity index (χ1) is 23.6. The van der Waals surface area contributed by atoms with Crippen LogP contribution in [0.15, 0.2) is 33.5 Å². The third-order valence-electron chi connectivity index (χ3n) is 7.74. The standard InChI is InChI=1S/C31H38F3N5O12/c1-5-13(2)25(36-15(4)41)29(49)37-19(8-9-22(42)43)28(48)38-26(14(3)40)30(50)39(20(27(35)47)12-23(44)45)16-6-7-17-18(31(32,33)34)11-24(46)51-21(17)10-16/h6-7,10-11,13-14,19-20,25-26,40H,5,8-9,12H2,1-4H3,(H2,35,47)(H,36,41)(H,37,49)(H,38,48)(H,42,43)(H,44,45). The molecule has 17 nitrogen and oxygen atoms in total. The van der Waals surface area contributed by atoms with E-state index in [0.717, 1.165) is 32.0 Å². The Morgan fingerprint density at radius 2 is 1.57 bits per heavy atom. The second-order valence-electron chi connectivity index (χ2n) is 11.7. The van der Waals surface area contributed by atoms with E-state index in [1.165, 1.54) is 0 Å². The number of aliphatic carboxylic acids is 2. The van der Waals surface area contributed by atoms with E-state index < -0.39 is 131 Å². The number of anilines is 1. The molecular formula is C31H38F3N5O12. The lowest BCUT2D eigenvalue weighted by Crippen LogP contribution is -2.62. The molecule has 6 unspecified atom stereocenters. The fourth-order valence-corrected chi connectivity index (χ4v) is 4.99. The molecule has 6 atom stereocenters. The van der Waals surface area contributed by atoms with Crippen LogP contribution in [0.2, 0.25) is 0 Å². The van der Waals surface area contributed by atoms with Gasteiger partial charge in [0.25, 0.3) is 5.91 Å². The lowest BCUT2D eigenvalue weighted by molar-refractivity contribution is -0.140. The van der Waals surface area contributed by atoms with Crippen molar-refractivity contribution in [1.29, 1.82) is 0 Å². The molecule has 0 aliphatic heterocycles. The molecule has 0 saturated heterocycles. The van der Waals surface area contributed by atoms with Gasteiger partial charge >= 0.3 is 23.7 Å². The lowest BCUT2D eigenvalue weighted by Gasteiger charge is -2.34. The average Bonchev–Trinajstić information content (AvgIpc) is 3.01. The van der Waals surface area contributed by atoms with Crippen LogP contribution in [0.4, 0.5) is 18.9 Å². The van der Waals surface area contributed by atoms with Gasteiger partial charge in [-0.3, -0.25) is 38.5 Å². The number of nitrogens with two attached hydrogens (primary N) is 1. The molecule has 0 spiro atoms. The molecule has 20 heteroatoms. The molecule has 1 aromatic carbocycles. The highest BCUT2D eigenvalue weighted by molar-refractivity contribution is 6.07. The van der Waals surface area contributed by atoms with Crippen LogP contribution in [0.1, 0.15) is 58.9 Å². The van der Waals surface area contributed by atoms with Crippen molar-refractivity contribution in [2.75, 3.05) is 4.90 Å². The quantitative estimate of drug-likeness (QED) is 0.108. The summed E-state index contributed by atoms with van der Waals surface area (Å²) in [5, 5.41) is 35.6. The summed E-state index contributed by atoms with van der Waals surface area (Å²) >= 11 is 0. The molecule has 0 bridgehead atoms. The Morgan fingerprint density at radius 1 is 0.941 bits per heavy atom. The maximum absolute atomic E-state index is 14.1. The van der Waals surface area contributed by atoms with Gasteiger partial charge in [-0.15, -0.1) is 0 Å². The van der Waals surface area contributed by atoms with Crippen molar-refractivity contribution in [1.82, 2.24) is 16.0 Å². The molecule has 5 amide bonds. The van der Waals surface area contributed by atoms with Gasteiger partial charge in [-0.2, -0.15) is 13.2 Å². The molecule has 280 valence electrons. The average molecular weight is 730 g/mol. The number of hydrogen-bond acceptors (Lipinski definition) is 10. The van der Waals surface area contributed by atoms with Crippen molar-refractivity contribution < 1.29 is 66.5 Å². The number of benzene rings is 1. The number of carboxylic acid groups (broad SMARTS) is 2. The van der Waals surface area contributed by atoms with Crippen molar-refractivity contribution in [3.63, 3.8) is 0 Å². The molecule has 1 heterocycles. The fourth-order valence-electron chi connectivity index (χ4n) is 4.99. The van der Waals surface area contributed by atoms with E-state index >= 15 is 0 Å². The number of aliphatic hydroxyl groups excluding tert-OH is 1. The van der Waals surface area contributed by atoms with E-state index in [1.54, 1.807) is 13.8 Å². The predicted molar refractivity (Wildman–Crippen MR) is 170 cm³/mol. The van der Waals surface area contributed by atoms with Crippen molar-refractivity contribution >= 4 is 58.1 Å². The highest BCUT2D eigenvalue weighted by Gasteiger charge is 2.40. The third kappa shape index (κ3) is 11.2. The first kappa shape index (κ1) is 41.6. The summed E-state index contributed by atoms with van der Waals surface area (Å²) in [6.45, 7) is 5.47. The Bertz CT molecular complexity index is 1730. The molecule has 0 saturated carbocycles. The highest BCUT2D eigenvalue weighted by Crippen LogP contribution is 2.35. The second-order valence-corrected chi connectivity index (χ2v) is 11.7. The predicted octanol–water partition coefficient (Wildman–Crippen LogP) is 0.239. The maximum Gasteiger partial charge on any atom is 0.417 e. The molecule has 0 radical (unpaired) electrons. The number of fused-ring (bicyclic) bond motifs is 1. The molecule has 1 aromatic heterocycles.